The number of aromatic amines is 1. The van der Waals surface area contributed by atoms with Gasteiger partial charge in [0, 0.05) is 6.92 Å². The van der Waals surface area contributed by atoms with Crippen molar-refractivity contribution >= 4 is 17.6 Å². The third-order valence-corrected chi connectivity index (χ3v) is 3.93. The number of hydrogen-bond acceptors (Lipinski definition) is 4. The Labute approximate surface area is 146 Å². The van der Waals surface area contributed by atoms with E-state index in [4.69, 9.17) is 0 Å². The maximum Gasteiger partial charge on any atom is 0.425 e. The van der Waals surface area contributed by atoms with Crippen LogP contribution in [0, 0.1) is 5.82 Å². The number of benzene rings is 1. The Balaban J connectivity index is 2.42. The van der Waals surface area contributed by atoms with Gasteiger partial charge in [-0.1, -0.05) is 0 Å². The van der Waals surface area contributed by atoms with E-state index in [1.165, 1.54) is 5.32 Å². The highest BCUT2D eigenvalue weighted by molar-refractivity contribution is 6.07. The SMILES string of the molecule is CC(=O)N[C@]1(C(F)(F)F)C(=O)Nc2c1c(=O)[nH]c(=O)n2-c1ccc(F)cc1. The first-order chi connectivity index (χ1) is 12.5. The summed E-state index contributed by atoms with van der Waals surface area (Å²) in [6.45, 7) is 0.739. The Morgan fingerprint density at radius 3 is 2.26 bits per heavy atom. The van der Waals surface area contributed by atoms with Crippen LogP contribution in [0.25, 0.3) is 5.69 Å². The summed E-state index contributed by atoms with van der Waals surface area (Å²) in [6, 6.07) is 3.99. The lowest BCUT2D eigenvalue weighted by Gasteiger charge is -2.29. The van der Waals surface area contributed by atoms with Crippen LogP contribution in [0.5, 0.6) is 0 Å². The lowest BCUT2D eigenvalue weighted by Crippen LogP contribution is -2.61. The molecule has 27 heavy (non-hydrogen) atoms. The van der Waals surface area contributed by atoms with Gasteiger partial charge in [-0.3, -0.25) is 19.4 Å². The Hall–Kier alpha value is -3.44. The normalized spacial score (nSPS) is 18.8. The van der Waals surface area contributed by atoms with Crippen molar-refractivity contribution < 1.29 is 27.2 Å². The minimum absolute atomic E-state index is 0.116. The molecule has 12 heteroatoms. The summed E-state index contributed by atoms with van der Waals surface area (Å²) in [7, 11) is 0. The smallest absolute Gasteiger partial charge is 0.331 e. The van der Waals surface area contributed by atoms with Crippen molar-refractivity contribution in [2.24, 2.45) is 0 Å². The molecule has 142 valence electrons. The Bertz CT molecular complexity index is 1070. The quantitative estimate of drug-likeness (QED) is 0.653. The van der Waals surface area contributed by atoms with Crippen molar-refractivity contribution in [1.29, 1.82) is 0 Å². The predicted octanol–water partition coefficient (Wildman–Crippen LogP) is 0.511. The van der Waals surface area contributed by atoms with Gasteiger partial charge in [-0.15, -0.1) is 0 Å². The van der Waals surface area contributed by atoms with E-state index in [0.717, 1.165) is 31.2 Å². The molecule has 2 aromatic rings. The van der Waals surface area contributed by atoms with E-state index < -0.39 is 52.0 Å². The largest absolute Gasteiger partial charge is 0.425 e. The first kappa shape index (κ1) is 18.4. The van der Waals surface area contributed by atoms with Crippen LogP contribution < -0.4 is 21.9 Å². The van der Waals surface area contributed by atoms with Crippen molar-refractivity contribution in [2.45, 2.75) is 18.6 Å². The molecule has 8 nitrogen and oxygen atoms in total. The van der Waals surface area contributed by atoms with E-state index in [0.29, 0.717) is 4.57 Å². The van der Waals surface area contributed by atoms with Crippen LogP contribution in [0.15, 0.2) is 33.9 Å². The van der Waals surface area contributed by atoms with Gasteiger partial charge in [-0.05, 0) is 24.3 Å². The number of carbonyl (C=O) groups excluding carboxylic acids is 2. The minimum atomic E-state index is -5.40. The van der Waals surface area contributed by atoms with Gasteiger partial charge in [-0.25, -0.2) is 13.8 Å². The number of carbonyl (C=O) groups is 2. The molecule has 1 aromatic carbocycles. The molecule has 2 heterocycles. The number of nitrogens with zero attached hydrogens (tertiary/aromatic N) is 1. The Morgan fingerprint density at radius 2 is 1.74 bits per heavy atom. The molecule has 0 saturated heterocycles. The van der Waals surface area contributed by atoms with E-state index >= 15 is 0 Å². The van der Waals surface area contributed by atoms with Gasteiger partial charge >= 0.3 is 11.9 Å². The number of halogens is 4. The molecule has 3 N–H and O–H groups in total. The van der Waals surface area contributed by atoms with Crippen LogP contribution in [-0.2, 0) is 15.1 Å². The van der Waals surface area contributed by atoms with Gasteiger partial charge in [0.05, 0.1) is 5.69 Å². The van der Waals surface area contributed by atoms with E-state index in [1.54, 1.807) is 4.98 Å². The standard InChI is InChI=1S/C15H10F4N4O4/c1-6(24)22-14(15(17,18)19)9-10(20-12(14)26)23(13(27)21-11(9)25)8-4-2-7(16)3-5-8/h2-5H,1H3,(H,20,26)(H,22,24)(H,21,25,27)/t14-/m0/s1. The molecular formula is C15H10F4N4O4. The second-order valence-corrected chi connectivity index (χ2v) is 5.68. The number of aromatic nitrogens is 2. The fraction of sp³-hybridized carbons (Fsp3) is 0.200. The molecule has 0 aliphatic carbocycles. The molecule has 1 aliphatic rings. The topological polar surface area (TPSA) is 113 Å². The molecule has 0 radical (unpaired) electrons. The van der Waals surface area contributed by atoms with E-state index in [9.17, 15) is 36.7 Å². The van der Waals surface area contributed by atoms with Crippen LogP contribution in [0.4, 0.5) is 23.4 Å². The summed E-state index contributed by atoms with van der Waals surface area (Å²) in [6.07, 6.45) is -5.40. The molecule has 0 bridgehead atoms. The molecule has 1 atom stereocenters. The molecular weight excluding hydrogens is 376 g/mol. The summed E-state index contributed by atoms with van der Waals surface area (Å²) < 4.78 is 55.1. The van der Waals surface area contributed by atoms with E-state index in [2.05, 4.69) is 0 Å². The zero-order valence-electron chi connectivity index (χ0n) is 13.4. The van der Waals surface area contributed by atoms with Gasteiger partial charge in [0.15, 0.2) is 0 Å². The monoisotopic (exact) mass is 386 g/mol. The molecule has 1 aromatic heterocycles. The van der Waals surface area contributed by atoms with Crippen molar-refractivity contribution in [3.8, 4) is 5.69 Å². The third-order valence-electron chi connectivity index (χ3n) is 3.93. The predicted molar refractivity (Wildman–Crippen MR) is 82.8 cm³/mol. The van der Waals surface area contributed by atoms with Crippen LogP contribution >= 0.6 is 0 Å². The number of anilines is 1. The lowest BCUT2D eigenvalue weighted by molar-refractivity contribution is -0.200. The van der Waals surface area contributed by atoms with Crippen molar-refractivity contribution in [3.05, 3.63) is 56.5 Å². The first-order valence-electron chi connectivity index (χ1n) is 7.31. The lowest BCUT2D eigenvalue weighted by atomic mass is 9.92. The highest BCUT2D eigenvalue weighted by atomic mass is 19.4. The average molecular weight is 386 g/mol. The molecule has 1 aliphatic heterocycles. The first-order valence-corrected chi connectivity index (χ1v) is 7.31. The molecule has 0 fully saturated rings. The third kappa shape index (κ3) is 2.60. The minimum Gasteiger partial charge on any atom is -0.331 e. The summed E-state index contributed by atoms with van der Waals surface area (Å²) >= 11 is 0. The molecule has 2 amide bonds. The number of hydrogen-bond donors (Lipinski definition) is 3. The molecule has 3 rings (SSSR count). The van der Waals surface area contributed by atoms with Gasteiger partial charge in [0.2, 0.25) is 11.4 Å². The van der Waals surface area contributed by atoms with Crippen molar-refractivity contribution in [3.63, 3.8) is 0 Å². The van der Waals surface area contributed by atoms with Gasteiger partial charge in [0.25, 0.3) is 11.5 Å². The highest BCUT2D eigenvalue weighted by Gasteiger charge is 2.68. The Morgan fingerprint density at radius 1 is 1.15 bits per heavy atom. The second-order valence-electron chi connectivity index (χ2n) is 5.68. The Kier molecular flexibility index (Phi) is 3.94. The summed E-state index contributed by atoms with van der Waals surface area (Å²) in [5, 5.41) is 3.32. The maximum atomic E-state index is 13.8. The van der Waals surface area contributed by atoms with Gasteiger partial charge < -0.3 is 10.6 Å². The number of amides is 2. The van der Waals surface area contributed by atoms with Crippen LogP contribution in [0.2, 0.25) is 0 Å². The number of H-pyrrole nitrogens is 1. The fourth-order valence-electron chi connectivity index (χ4n) is 2.88. The summed E-state index contributed by atoms with van der Waals surface area (Å²) in [4.78, 5) is 49.7. The van der Waals surface area contributed by atoms with E-state index in [-0.39, 0.29) is 5.69 Å². The van der Waals surface area contributed by atoms with Crippen molar-refractivity contribution in [1.82, 2.24) is 14.9 Å². The zero-order valence-corrected chi connectivity index (χ0v) is 13.4. The highest BCUT2D eigenvalue weighted by Crippen LogP contribution is 2.45. The summed E-state index contributed by atoms with van der Waals surface area (Å²) in [5.74, 6) is -4.44. The van der Waals surface area contributed by atoms with Crippen molar-refractivity contribution in [2.75, 3.05) is 5.32 Å². The van der Waals surface area contributed by atoms with Gasteiger partial charge in [0.1, 0.15) is 17.2 Å². The molecule has 0 saturated carbocycles. The second kappa shape index (κ2) is 5.79. The number of alkyl halides is 3. The average Bonchev–Trinajstić information content (AvgIpc) is 2.82. The number of fused-ring (bicyclic) bond motifs is 1. The number of rotatable bonds is 2. The van der Waals surface area contributed by atoms with E-state index in [1.807, 2.05) is 5.32 Å². The number of nitrogens with one attached hydrogen (secondary N) is 3. The summed E-state index contributed by atoms with van der Waals surface area (Å²) in [5.41, 5.74) is -7.66. The van der Waals surface area contributed by atoms with Crippen LogP contribution in [0.1, 0.15) is 12.5 Å². The maximum absolute atomic E-state index is 13.8. The van der Waals surface area contributed by atoms with Crippen LogP contribution in [-0.4, -0.2) is 27.5 Å². The van der Waals surface area contributed by atoms with Gasteiger partial charge in [-0.2, -0.15) is 13.2 Å². The van der Waals surface area contributed by atoms with Crippen LogP contribution in [0.3, 0.4) is 0 Å². The fourth-order valence-corrected chi connectivity index (χ4v) is 2.88. The zero-order chi connectivity index (χ0) is 20.1. The molecule has 0 unspecified atom stereocenters. The molecule has 0 spiro atoms.